The summed E-state index contributed by atoms with van der Waals surface area (Å²) in [5.74, 6) is 0.652. The molecule has 5 heteroatoms. The Morgan fingerprint density at radius 1 is 1.56 bits per heavy atom. The molecule has 0 amide bonds. The molecule has 2 heterocycles. The van der Waals surface area contributed by atoms with Crippen molar-refractivity contribution in [3.05, 3.63) is 12.3 Å². The van der Waals surface area contributed by atoms with Gasteiger partial charge in [-0.1, -0.05) is 0 Å². The first-order chi connectivity index (χ1) is 8.72. The highest BCUT2D eigenvalue weighted by atomic mass is 16.5. The summed E-state index contributed by atoms with van der Waals surface area (Å²) in [7, 11) is 5.70. The van der Waals surface area contributed by atoms with Crippen LogP contribution in [0.3, 0.4) is 0 Å². The highest BCUT2D eigenvalue weighted by Crippen LogP contribution is 2.31. The predicted molar refractivity (Wildman–Crippen MR) is 74.6 cm³/mol. The van der Waals surface area contributed by atoms with E-state index in [1.165, 1.54) is 12.8 Å². The van der Waals surface area contributed by atoms with Gasteiger partial charge in [-0.2, -0.15) is 0 Å². The lowest BCUT2D eigenvalue weighted by atomic mass is 10.2. The van der Waals surface area contributed by atoms with Crippen LogP contribution in [0.4, 0.5) is 11.4 Å². The van der Waals surface area contributed by atoms with Gasteiger partial charge in [-0.15, -0.1) is 0 Å². The molecule has 1 aliphatic rings. The largest absolute Gasteiger partial charge is 0.479 e. The molecule has 1 unspecified atom stereocenters. The number of hydrogen-bond donors (Lipinski definition) is 2. The third kappa shape index (κ3) is 2.85. The summed E-state index contributed by atoms with van der Waals surface area (Å²) in [6.45, 7) is 2.03. The molecule has 1 atom stereocenters. The summed E-state index contributed by atoms with van der Waals surface area (Å²) in [5, 5.41) is 6.94. The minimum Gasteiger partial charge on any atom is -0.479 e. The average molecular weight is 250 g/mol. The van der Waals surface area contributed by atoms with E-state index in [1.54, 1.807) is 13.3 Å². The topological polar surface area (TPSA) is 49.4 Å². The highest BCUT2D eigenvalue weighted by Gasteiger charge is 2.17. The number of rotatable bonds is 5. The maximum Gasteiger partial charge on any atom is 0.239 e. The Hall–Kier alpha value is -1.49. The number of ether oxygens (including phenoxy) is 1. The zero-order valence-electron chi connectivity index (χ0n) is 11.4. The molecule has 1 aromatic heterocycles. The smallest absolute Gasteiger partial charge is 0.239 e. The molecule has 100 valence electrons. The van der Waals surface area contributed by atoms with Crippen LogP contribution in [0.5, 0.6) is 5.88 Å². The molecule has 1 saturated heterocycles. The van der Waals surface area contributed by atoms with Crippen molar-refractivity contribution in [2.24, 2.45) is 0 Å². The maximum absolute atomic E-state index is 5.33. The minimum atomic E-state index is 0.546. The Kier molecular flexibility index (Phi) is 4.25. The van der Waals surface area contributed by atoms with Gasteiger partial charge in [0, 0.05) is 32.9 Å². The number of aromatic nitrogens is 1. The van der Waals surface area contributed by atoms with E-state index < -0.39 is 0 Å². The van der Waals surface area contributed by atoms with E-state index in [1.807, 2.05) is 20.2 Å². The monoisotopic (exact) mass is 250 g/mol. The van der Waals surface area contributed by atoms with E-state index in [9.17, 15) is 0 Å². The number of pyridine rings is 1. The third-order valence-corrected chi connectivity index (χ3v) is 3.26. The van der Waals surface area contributed by atoms with Crippen LogP contribution in [0.25, 0.3) is 0 Å². The van der Waals surface area contributed by atoms with E-state index in [0.717, 1.165) is 24.5 Å². The van der Waals surface area contributed by atoms with Crippen molar-refractivity contribution in [2.45, 2.75) is 18.9 Å². The number of hydrogen-bond acceptors (Lipinski definition) is 5. The Balaban J connectivity index is 2.12. The molecule has 1 aromatic rings. The summed E-state index contributed by atoms with van der Waals surface area (Å²) >= 11 is 0. The van der Waals surface area contributed by atoms with Gasteiger partial charge in [0.25, 0.3) is 0 Å². The number of nitrogens with one attached hydrogen (secondary N) is 2. The molecule has 0 spiro atoms. The summed E-state index contributed by atoms with van der Waals surface area (Å²) in [6.07, 6.45) is 4.26. The minimum absolute atomic E-state index is 0.546. The van der Waals surface area contributed by atoms with Gasteiger partial charge in [0.05, 0.1) is 12.8 Å². The summed E-state index contributed by atoms with van der Waals surface area (Å²) < 4.78 is 5.33. The van der Waals surface area contributed by atoms with E-state index >= 15 is 0 Å². The van der Waals surface area contributed by atoms with E-state index in [4.69, 9.17) is 4.74 Å². The van der Waals surface area contributed by atoms with E-state index in [2.05, 4.69) is 20.5 Å². The van der Waals surface area contributed by atoms with Crippen molar-refractivity contribution >= 4 is 11.4 Å². The third-order valence-electron chi connectivity index (χ3n) is 3.26. The number of nitrogens with zero attached hydrogens (tertiary/aromatic N) is 2. The lowest BCUT2D eigenvalue weighted by molar-refractivity contribution is 0.399. The quantitative estimate of drug-likeness (QED) is 0.825. The second kappa shape index (κ2) is 5.91. The molecule has 18 heavy (non-hydrogen) atoms. The van der Waals surface area contributed by atoms with Crippen LogP contribution in [-0.2, 0) is 0 Å². The molecule has 0 aromatic carbocycles. The molecular formula is C13H22N4O. The lowest BCUT2D eigenvalue weighted by Gasteiger charge is -2.21. The van der Waals surface area contributed by atoms with Crippen molar-refractivity contribution in [1.29, 1.82) is 0 Å². The first kappa shape index (κ1) is 13.0. The number of methoxy groups -OCH3 is 1. The first-order valence-electron chi connectivity index (χ1n) is 6.40. The standard InChI is InChI=1S/C13H22N4O/c1-17(2)11-6-8-15-13(18-3)12(11)16-9-10-5-4-7-14-10/h6,8,10,14,16H,4-5,7,9H2,1-3H3. The molecule has 1 aliphatic heterocycles. The summed E-state index contributed by atoms with van der Waals surface area (Å²) in [6, 6.07) is 2.54. The highest BCUT2D eigenvalue weighted by molar-refractivity contribution is 5.74. The SMILES string of the molecule is COc1nccc(N(C)C)c1NCC1CCCN1. The maximum atomic E-state index is 5.33. The first-order valence-corrected chi connectivity index (χ1v) is 6.40. The van der Waals surface area contributed by atoms with Crippen LogP contribution in [0.2, 0.25) is 0 Å². The van der Waals surface area contributed by atoms with Gasteiger partial charge in [0.15, 0.2) is 0 Å². The van der Waals surface area contributed by atoms with Crippen LogP contribution in [0.15, 0.2) is 12.3 Å². The van der Waals surface area contributed by atoms with Crippen LogP contribution in [-0.4, -0.2) is 45.3 Å². The van der Waals surface area contributed by atoms with E-state index in [0.29, 0.717) is 11.9 Å². The summed E-state index contributed by atoms with van der Waals surface area (Å²) in [5.41, 5.74) is 2.07. The van der Waals surface area contributed by atoms with Gasteiger partial charge < -0.3 is 20.3 Å². The van der Waals surface area contributed by atoms with Crippen molar-refractivity contribution in [1.82, 2.24) is 10.3 Å². The Morgan fingerprint density at radius 3 is 3.00 bits per heavy atom. The van der Waals surface area contributed by atoms with Gasteiger partial charge in [-0.25, -0.2) is 4.98 Å². The van der Waals surface area contributed by atoms with Gasteiger partial charge in [-0.05, 0) is 25.5 Å². The zero-order valence-corrected chi connectivity index (χ0v) is 11.4. The Bertz CT molecular complexity index is 389. The van der Waals surface area contributed by atoms with Crippen LogP contribution >= 0.6 is 0 Å². The van der Waals surface area contributed by atoms with Crippen molar-refractivity contribution in [3.8, 4) is 5.88 Å². The zero-order chi connectivity index (χ0) is 13.0. The fraction of sp³-hybridized carbons (Fsp3) is 0.615. The lowest BCUT2D eigenvalue weighted by Crippen LogP contribution is -2.30. The molecule has 1 fully saturated rings. The molecule has 0 aliphatic carbocycles. The predicted octanol–water partition coefficient (Wildman–Crippen LogP) is 1.32. The van der Waals surface area contributed by atoms with Crippen LogP contribution < -0.4 is 20.3 Å². The van der Waals surface area contributed by atoms with E-state index in [-0.39, 0.29) is 0 Å². The van der Waals surface area contributed by atoms with Crippen LogP contribution in [0, 0.1) is 0 Å². The Morgan fingerprint density at radius 2 is 2.39 bits per heavy atom. The molecule has 0 radical (unpaired) electrons. The molecule has 0 saturated carbocycles. The molecule has 0 bridgehead atoms. The van der Waals surface area contributed by atoms with Crippen molar-refractivity contribution in [3.63, 3.8) is 0 Å². The van der Waals surface area contributed by atoms with Gasteiger partial charge in [0.2, 0.25) is 5.88 Å². The van der Waals surface area contributed by atoms with Crippen LogP contribution in [0.1, 0.15) is 12.8 Å². The Labute approximate surface area is 109 Å². The summed E-state index contributed by atoms with van der Waals surface area (Å²) in [4.78, 5) is 6.32. The fourth-order valence-electron chi connectivity index (χ4n) is 2.28. The average Bonchev–Trinajstić information content (AvgIpc) is 2.88. The second-order valence-electron chi connectivity index (χ2n) is 4.78. The normalized spacial score (nSPS) is 18.7. The van der Waals surface area contributed by atoms with Gasteiger partial charge in [-0.3, -0.25) is 0 Å². The van der Waals surface area contributed by atoms with Crippen molar-refractivity contribution in [2.75, 3.05) is 44.5 Å². The fourth-order valence-corrected chi connectivity index (χ4v) is 2.28. The van der Waals surface area contributed by atoms with Crippen molar-refractivity contribution < 1.29 is 4.74 Å². The molecular weight excluding hydrogens is 228 g/mol. The molecule has 5 nitrogen and oxygen atoms in total. The number of anilines is 2. The van der Waals surface area contributed by atoms with Gasteiger partial charge >= 0.3 is 0 Å². The second-order valence-corrected chi connectivity index (χ2v) is 4.78. The van der Waals surface area contributed by atoms with Gasteiger partial charge in [0.1, 0.15) is 5.69 Å². The molecule has 2 N–H and O–H groups in total. The molecule has 2 rings (SSSR count).